The molecule has 33 heavy (non-hydrogen) atoms. The van der Waals surface area contributed by atoms with E-state index < -0.39 is 0 Å². The molecule has 0 saturated carbocycles. The number of piperidine rings is 1. The van der Waals surface area contributed by atoms with Crippen molar-refractivity contribution in [3.63, 3.8) is 0 Å². The maximum absolute atomic E-state index is 13.1. The highest BCUT2D eigenvalue weighted by Gasteiger charge is 2.44. The van der Waals surface area contributed by atoms with Crippen LogP contribution in [0.15, 0.2) is 65.1 Å². The van der Waals surface area contributed by atoms with Crippen LogP contribution in [-0.2, 0) is 12.0 Å². The quantitative estimate of drug-likeness (QED) is 0.570. The first-order valence-corrected chi connectivity index (χ1v) is 11.4. The first-order chi connectivity index (χ1) is 16.0. The van der Waals surface area contributed by atoms with Gasteiger partial charge in [0.1, 0.15) is 5.75 Å². The number of benzene rings is 2. The molecule has 2 aliphatic rings. The summed E-state index contributed by atoms with van der Waals surface area (Å²) in [5.74, 6) is 7.84. The summed E-state index contributed by atoms with van der Waals surface area (Å²) < 4.78 is 11.8. The average Bonchev–Trinajstić information content (AvgIpc) is 3.44. The predicted molar refractivity (Wildman–Crippen MR) is 127 cm³/mol. The minimum Gasteiger partial charge on any atom is -0.492 e. The number of amides is 1. The van der Waals surface area contributed by atoms with E-state index >= 15 is 0 Å². The van der Waals surface area contributed by atoms with Crippen LogP contribution < -0.4 is 4.74 Å². The van der Waals surface area contributed by atoms with Crippen molar-refractivity contribution in [3.8, 4) is 17.6 Å². The van der Waals surface area contributed by atoms with E-state index in [9.17, 15) is 4.79 Å². The predicted octanol–water partition coefficient (Wildman–Crippen LogP) is 4.31. The van der Waals surface area contributed by atoms with Crippen LogP contribution in [0.1, 0.15) is 45.8 Å². The molecule has 2 aromatic carbocycles. The second-order valence-corrected chi connectivity index (χ2v) is 9.21. The standard InChI is InChI=1S/C28H28N2O3/c1-29(2)19-22-9-12-25-24(18-22)28(20-32-25)14-16-30(17-15-28)27(31)26-13-11-23(33-26)10-8-21-6-4-3-5-7-21/h3-7,9,11-13,18H,14-17,19-20H2,1-2H3. The fourth-order valence-corrected chi connectivity index (χ4v) is 4.76. The van der Waals surface area contributed by atoms with Crippen LogP contribution in [0, 0.1) is 11.8 Å². The summed E-state index contributed by atoms with van der Waals surface area (Å²) in [6, 6.07) is 19.8. The highest BCUT2D eigenvalue weighted by atomic mass is 16.5. The molecular weight excluding hydrogens is 412 g/mol. The Kier molecular flexibility index (Phi) is 5.70. The third-order valence-corrected chi connectivity index (χ3v) is 6.55. The third kappa shape index (κ3) is 4.40. The summed E-state index contributed by atoms with van der Waals surface area (Å²) in [5, 5.41) is 0. The Bertz CT molecular complexity index is 1210. The molecule has 5 nitrogen and oxygen atoms in total. The molecule has 5 rings (SSSR count). The molecule has 0 aliphatic carbocycles. The molecule has 1 aromatic heterocycles. The molecule has 0 N–H and O–H groups in total. The highest BCUT2D eigenvalue weighted by molar-refractivity contribution is 5.91. The van der Waals surface area contributed by atoms with Crippen molar-refractivity contribution in [2.75, 3.05) is 33.8 Å². The molecule has 3 aromatic rings. The van der Waals surface area contributed by atoms with E-state index in [2.05, 4.69) is 49.0 Å². The summed E-state index contributed by atoms with van der Waals surface area (Å²) in [6.07, 6.45) is 1.77. The molecule has 1 spiro atoms. The van der Waals surface area contributed by atoms with Gasteiger partial charge in [-0.15, -0.1) is 0 Å². The van der Waals surface area contributed by atoms with Gasteiger partial charge in [0.05, 0.1) is 6.61 Å². The molecule has 0 radical (unpaired) electrons. The van der Waals surface area contributed by atoms with Gasteiger partial charge in [-0.05, 0) is 68.8 Å². The van der Waals surface area contributed by atoms with Gasteiger partial charge in [0, 0.05) is 36.2 Å². The van der Waals surface area contributed by atoms with Crippen molar-refractivity contribution in [2.45, 2.75) is 24.8 Å². The molecule has 5 heteroatoms. The number of fused-ring (bicyclic) bond motifs is 2. The van der Waals surface area contributed by atoms with E-state index in [-0.39, 0.29) is 11.3 Å². The minimum atomic E-state index is -0.0712. The number of carbonyl (C=O) groups is 1. The van der Waals surface area contributed by atoms with Crippen LogP contribution in [0.25, 0.3) is 0 Å². The van der Waals surface area contributed by atoms with Crippen molar-refractivity contribution in [2.24, 2.45) is 0 Å². The van der Waals surface area contributed by atoms with E-state index in [4.69, 9.17) is 9.15 Å². The topological polar surface area (TPSA) is 45.9 Å². The van der Waals surface area contributed by atoms with E-state index in [1.807, 2.05) is 35.2 Å². The molecule has 168 valence electrons. The van der Waals surface area contributed by atoms with Crippen molar-refractivity contribution >= 4 is 5.91 Å². The number of ether oxygens (including phenoxy) is 1. The summed E-state index contributed by atoms with van der Waals surface area (Å²) in [6.45, 7) is 2.97. The van der Waals surface area contributed by atoms with Gasteiger partial charge in [0.2, 0.25) is 0 Å². The largest absolute Gasteiger partial charge is 0.492 e. The van der Waals surface area contributed by atoms with Gasteiger partial charge in [-0.1, -0.05) is 36.3 Å². The fourth-order valence-electron chi connectivity index (χ4n) is 4.76. The van der Waals surface area contributed by atoms with Crippen molar-refractivity contribution in [1.82, 2.24) is 9.80 Å². The number of hydrogen-bond acceptors (Lipinski definition) is 4. The zero-order valence-corrected chi connectivity index (χ0v) is 19.1. The zero-order valence-electron chi connectivity index (χ0n) is 19.1. The number of furan rings is 1. The van der Waals surface area contributed by atoms with Gasteiger partial charge < -0.3 is 19.0 Å². The lowest BCUT2D eigenvalue weighted by Gasteiger charge is -2.38. The second kappa shape index (κ2) is 8.80. The number of carbonyl (C=O) groups excluding carboxylic acids is 1. The molecule has 0 bridgehead atoms. The number of rotatable bonds is 3. The van der Waals surface area contributed by atoms with Crippen molar-refractivity contribution in [3.05, 3.63) is 88.9 Å². The van der Waals surface area contributed by atoms with Gasteiger partial charge in [-0.3, -0.25) is 4.79 Å². The maximum Gasteiger partial charge on any atom is 0.289 e. The average molecular weight is 441 g/mol. The number of hydrogen-bond donors (Lipinski definition) is 0. The Morgan fingerprint density at radius 3 is 2.58 bits per heavy atom. The summed E-state index contributed by atoms with van der Waals surface area (Å²) in [5.41, 5.74) is 3.49. The van der Waals surface area contributed by atoms with Crippen LogP contribution in [-0.4, -0.2) is 49.5 Å². The monoisotopic (exact) mass is 440 g/mol. The van der Waals surface area contributed by atoms with Gasteiger partial charge in [-0.2, -0.15) is 0 Å². The lowest BCUT2D eigenvalue weighted by molar-refractivity contribution is 0.0615. The molecule has 3 heterocycles. The molecule has 1 saturated heterocycles. The SMILES string of the molecule is CN(C)Cc1ccc2c(c1)C1(CCN(C(=O)c3ccc(C#Cc4ccccc4)o3)CC1)CO2. The highest BCUT2D eigenvalue weighted by Crippen LogP contribution is 2.46. The van der Waals surface area contributed by atoms with Gasteiger partial charge >= 0.3 is 0 Å². The van der Waals surface area contributed by atoms with Crippen LogP contribution in [0.5, 0.6) is 5.75 Å². The lowest BCUT2D eigenvalue weighted by atomic mass is 9.74. The van der Waals surface area contributed by atoms with Gasteiger partial charge in [0.15, 0.2) is 11.5 Å². The van der Waals surface area contributed by atoms with E-state index in [0.29, 0.717) is 31.2 Å². The van der Waals surface area contributed by atoms with E-state index in [0.717, 1.165) is 30.7 Å². The Morgan fingerprint density at radius 1 is 1.03 bits per heavy atom. The summed E-state index contributed by atoms with van der Waals surface area (Å²) in [7, 11) is 4.16. The van der Waals surface area contributed by atoms with E-state index in [1.165, 1.54) is 11.1 Å². The maximum atomic E-state index is 13.1. The van der Waals surface area contributed by atoms with Crippen molar-refractivity contribution < 1.29 is 13.9 Å². The third-order valence-electron chi connectivity index (χ3n) is 6.55. The van der Waals surface area contributed by atoms with Crippen LogP contribution in [0.2, 0.25) is 0 Å². The Morgan fingerprint density at radius 2 is 1.82 bits per heavy atom. The fraction of sp³-hybridized carbons (Fsp3) is 0.321. The smallest absolute Gasteiger partial charge is 0.289 e. The van der Waals surface area contributed by atoms with Gasteiger partial charge in [-0.25, -0.2) is 0 Å². The molecular formula is C28H28N2O3. The van der Waals surface area contributed by atoms with Crippen molar-refractivity contribution in [1.29, 1.82) is 0 Å². The first-order valence-electron chi connectivity index (χ1n) is 11.4. The molecule has 0 unspecified atom stereocenters. The lowest BCUT2D eigenvalue weighted by Crippen LogP contribution is -2.46. The Hall–Kier alpha value is -3.49. The second-order valence-electron chi connectivity index (χ2n) is 9.21. The summed E-state index contributed by atoms with van der Waals surface area (Å²) >= 11 is 0. The zero-order chi connectivity index (χ0) is 22.8. The Balaban J connectivity index is 1.26. The van der Waals surface area contributed by atoms with Crippen LogP contribution in [0.4, 0.5) is 0 Å². The molecule has 1 fully saturated rings. The molecule has 0 atom stereocenters. The molecule has 2 aliphatic heterocycles. The summed E-state index contributed by atoms with van der Waals surface area (Å²) in [4.78, 5) is 17.1. The Labute approximate surface area is 195 Å². The normalized spacial score (nSPS) is 16.3. The van der Waals surface area contributed by atoms with Crippen LogP contribution >= 0.6 is 0 Å². The van der Waals surface area contributed by atoms with E-state index in [1.54, 1.807) is 12.1 Å². The van der Waals surface area contributed by atoms with Gasteiger partial charge in [0.25, 0.3) is 5.91 Å². The number of likely N-dealkylation sites (tertiary alicyclic amines) is 1. The number of nitrogens with zero attached hydrogens (tertiary/aromatic N) is 2. The van der Waals surface area contributed by atoms with Crippen LogP contribution in [0.3, 0.4) is 0 Å². The first kappa shape index (κ1) is 21.4. The minimum absolute atomic E-state index is 0.0100. The molecule has 1 amide bonds.